The predicted molar refractivity (Wildman–Crippen MR) is 60.8 cm³/mol. The van der Waals surface area contributed by atoms with Gasteiger partial charge in [-0.05, 0) is 19.5 Å². The molecule has 2 rings (SSSR count). The first kappa shape index (κ1) is 10.9. The highest BCUT2D eigenvalue weighted by Crippen LogP contribution is 2.23. The number of aryl methyl sites for hydroxylation is 1. The lowest BCUT2D eigenvalue weighted by Gasteiger charge is -2.04. The molecule has 0 spiro atoms. The summed E-state index contributed by atoms with van der Waals surface area (Å²) in [5.41, 5.74) is 2.08. The van der Waals surface area contributed by atoms with Crippen LogP contribution in [0.15, 0.2) is 22.9 Å². The zero-order valence-corrected chi connectivity index (χ0v) is 9.60. The van der Waals surface area contributed by atoms with Crippen LogP contribution < -0.4 is 5.32 Å². The van der Waals surface area contributed by atoms with Crippen molar-refractivity contribution in [2.45, 2.75) is 26.4 Å². The first-order valence-corrected chi connectivity index (χ1v) is 5.46. The van der Waals surface area contributed by atoms with Crippen molar-refractivity contribution in [3.8, 4) is 11.3 Å². The molecule has 0 aromatic carbocycles. The summed E-state index contributed by atoms with van der Waals surface area (Å²) in [6.07, 6.45) is 4.51. The lowest BCUT2D eigenvalue weighted by atomic mass is 10.2. The number of hydrogen-bond donors (Lipinski definition) is 1. The molecule has 2 aromatic rings. The Labute approximate surface area is 94.5 Å². The Bertz CT molecular complexity index is 404. The summed E-state index contributed by atoms with van der Waals surface area (Å²) in [5.74, 6) is 0.919. The summed E-state index contributed by atoms with van der Waals surface area (Å²) in [7, 11) is 1.90. The molecule has 0 aliphatic heterocycles. The van der Waals surface area contributed by atoms with Crippen molar-refractivity contribution in [1.29, 1.82) is 0 Å². The number of hydrogen-bond acceptors (Lipinski definition) is 4. The van der Waals surface area contributed by atoms with Gasteiger partial charge in [0.05, 0.1) is 24.7 Å². The Balaban J connectivity index is 2.34. The van der Waals surface area contributed by atoms with Gasteiger partial charge in [0.1, 0.15) is 5.76 Å². The fraction of sp³-hybridized carbons (Fsp3) is 0.455. The van der Waals surface area contributed by atoms with E-state index in [2.05, 4.69) is 22.6 Å². The second-order valence-corrected chi connectivity index (χ2v) is 3.63. The van der Waals surface area contributed by atoms with Crippen LogP contribution in [0, 0.1) is 0 Å². The fourth-order valence-electron chi connectivity index (χ4n) is 1.71. The van der Waals surface area contributed by atoms with E-state index in [0.29, 0.717) is 6.54 Å². The molecule has 1 N–H and O–H groups in total. The first-order chi connectivity index (χ1) is 7.86. The molecule has 0 aliphatic rings. The van der Waals surface area contributed by atoms with E-state index in [-0.39, 0.29) is 0 Å². The highest BCUT2D eigenvalue weighted by Gasteiger charge is 2.12. The van der Waals surface area contributed by atoms with Crippen molar-refractivity contribution in [2.24, 2.45) is 0 Å². The number of rotatable bonds is 5. The highest BCUT2D eigenvalue weighted by atomic mass is 16.3. The maximum atomic E-state index is 5.43. The van der Waals surface area contributed by atoms with Crippen molar-refractivity contribution in [2.75, 3.05) is 7.05 Å². The molecule has 16 heavy (non-hydrogen) atoms. The van der Waals surface area contributed by atoms with E-state index in [1.807, 2.05) is 17.8 Å². The van der Waals surface area contributed by atoms with Crippen LogP contribution in [0.3, 0.4) is 0 Å². The van der Waals surface area contributed by atoms with Crippen LogP contribution in [0.2, 0.25) is 0 Å². The van der Waals surface area contributed by atoms with E-state index in [0.717, 1.165) is 30.0 Å². The maximum Gasteiger partial charge on any atom is 0.126 e. The Morgan fingerprint density at radius 2 is 2.38 bits per heavy atom. The monoisotopic (exact) mass is 220 g/mol. The normalized spacial score (nSPS) is 10.9. The molecule has 0 fully saturated rings. The topological polar surface area (TPSA) is 55.9 Å². The summed E-state index contributed by atoms with van der Waals surface area (Å²) < 4.78 is 7.34. The quantitative estimate of drug-likeness (QED) is 0.832. The number of nitrogens with zero attached hydrogens (tertiary/aromatic N) is 3. The second kappa shape index (κ2) is 4.94. The van der Waals surface area contributed by atoms with E-state index in [9.17, 15) is 0 Å². The number of aromatic nitrogens is 3. The van der Waals surface area contributed by atoms with Gasteiger partial charge in [0.2, 0.25) is 0 Å². The Morgan fingerprint density at radius 3 is 3.12 bits per heavy atom. The molecular weight excluding hydrogens is 204 g/mol. The smallest absolute Gasteiger partial charge is 0.126 e. The van der Waals surface area contributed by atoms with E-state index in [1.54, 1.807) is 12.5 Å². The third-order valence-corrected chi connectivity index (χ3v) is 2.41. The molecule has 0 amide bonds. The first-order valence-electron chi connectivity index (χ1n) is 5.46. The summed E-state index contributed by atoms with van der Waals surface area (Å²) in [4.78, 5) is 0. The third-order valence-electron chi connectivity index (χ3n) is 2.41. The highest BCUT2D eigenvalue weighted by molar-refractivity contribution is 5.60. The number of furan rings is 1. The molecule has 0 saturated carbocycles. The predicted octanol–water partition coefficient (Wildman–Crippen LogP) is 1.67. The molecule has 0 atom stereocenters. The van der Waals surface area contributed by atoms with Gasteiger partial charge >= 0.3 is 0 Å². The van der Waals surface area contributed by atoms with Crippen LogP contribution in [0.25, 0.3) is 11.3 Å². The summed E-state index contributed by atoms with van der Waals surface area (Å²) in [6.45, 7) is 3.70. The van der Waals surface area contributed by atoms with E-state index < -0.39 is 0 Å². The largest absolute Gasteiger partial charge is 0.467 e. The molecule has 2 aromatic heterocycles. The van der Waals surface area contributed by atoms with Gasteiger partial charge in [0.25, 0.3) is 0 Å². The Hall–Kier alpha value is -1.62. The minimum absolute atomic E-state index is 0.708. The van der Waals surface area contributed by atoms with Gasteiger partial charge in [0, 0.05) is 12.1 Å². The molecule has 0 radical (unpaired) electrons. The summed E-state index contributed by atoms with van der Waals surface area (Å²) in [5, 5.41) is 11.1. The van der Waals surface area contributed by atoms with Gasteiger partial charge < -0.3 is 9.73 Å². The molecule has 5 nitrogen and oxygen atoms in total. The van der Waals surface area contributed by atoms with Gasteiger partial charge in [-0.25, -0.2) is 4.68 Å². The van der Waals surface area contributed by atoms with E-state index in [1.165, 1.54) is 0 Å². The summed E-state index contributed by atoms with van der Waals surface area (Å²) in [6, 6.07) is 1.96. The zero-order valence-electron chi connectivity index (χ0n) is 9.60. The average Bonchev–Trinajstić information content (AvgIpc) is 2.87. The number of nitrogens with one attached hydrogen (secondary N) is 1. The molecule has 86 valence electrons. The minimum atomic E-state index is 0.708. The molecule has 5 heteroatoms. The van der Waals surface area contributed by atoms with Gasteiger partial charge in [-0.15, -0.1) is 5.10 Å². The zero-order chi connectivity index (χ0) is 11.4. The van der Waals surface area contributed by atoms with Gasteiger partial charge in [-0.1, -0.05) is 12.1 Å². The molecule has 0 saturated heterocycles. The minimum Gasteiger partial charge on any atom is -0.467 e. The Morgan fingerprint density at radius 1 is 1.50 bits per heavy atom. The second-order valence-electron chi connectivity index (χ2n) is 3.63. The van der Waals surface area contributed by atoms with Crippen LogP contribution in [-0.4, -0.2) is 22.0 Å². The maximum absolute atomic E-state index is 5.43. The molecule has 0 unspecified atom stereocenters. The SMILES string of the molecule is CCCn1nncc1-c1ccoc1CNC. The van der Waals surface area contributed by atoms with Crippen LogP contribution in [0.4, 0.5) is 0 Å². The molecule has 2 heterocycles. The van der Waals surface area contributed by atoms with Gasteiger partial charge in [-0.3, -0.25) is 0 Å². The molecule has 0 bridgehead atoms. The molecule has 0 aliphatic carbocycles. The third kappa shape index (κ3) is 1.99. The van der Waals surface area contributed by atoms with Gasteiger partial charge in [0.15, 0.2) is 0 Å². The van der Waals surface area contributed by atoms with Crippen LogP contribution in [0.1, 0.15) is 19.1 Å². The molecular formula is C11H16N4O. The summed E-state index contributed by atoms with van der Waals surface area (Å²) >= 11 is 0. The van der Waals surface area contributed by atoms with Crippen molar-refractivity contribution in [3.05, 3.63) is 24.3 Å². The van der Waals surface area contributed by atoms with Crippen LogP contribution in [0.5, 0.6) is 0 Å². The lowest BCUT2D eigenvalue weighted by Crippen LogP contribution is -2.06. The fourth-order valence-corrected chi connectivity index (χ4v) is 1.71. The average molecular weight is 220 g/mol. The lowest BCUT2D eigenvalue weighted by molar-refractivity contribution is 0.495. The standard InChI is InChI=1S/C11H16N4O/c1-3-5-15-10(7-13-14-15)9-4-6-16-11(9)8-12-2/h4,6-7,12H,3,5,8H2,1-2H3. The van der Waals surface area contributed by atoms with Crippen molar-refractivity contribution in [1.82, 2.24) is 20.3 Å². The van der Waals surface area contributed by atoms with Crippen molar-refractivity contribution < 1.29 is 4.42 Å². The van der Waals surface area contributed by atoms with Gasteiger partial charge in [-0.2, -0.15) is 0 Å². The van der Waals surface area contributed by atoms with Crippen LogP contribution >= 0.6 is 0 Å². The van der Waals surface area contributed by atoms with Crippen LogP contribution in [-0.2, 0) is 13.1 Å². The van der Waals surface area contributed by atoms with E-state index in [4.69, 9.17) is 4.42 Å². The van der Waals surface area contributed by atoms with Crippen molar-refractivity contribution in [3.63, 3.8) is 0 Å². The Kier molecular flexibility index (Phi) is 3.36. The van der Waals surface area contributed by atoms with Crippen molar-refractivity contribution >= 4 is 0 Å². The van der Waals surface area contributed by atoms with E-state index >= 15 is 0 Å².